The lowest BCUT2D eigenvalue weighted by atomic mass is 10.0. The summed E-state index contributed by atoms with van der Waals surface area (Å²) in [5, 5.41) is 3.02. The molecule has 0 atom stereocenters. The van der Waals surface area contributed by atoms with Gasteiger partial charge in [-0.2, -0.15) is 0 Å². The van der Waals surface area contributed by atoms with Gasteiger partial charge < -0.3 is 5.32 Å². The third-order valence-electron chi connectivity index (χ3n) is 4.61. The van der Waals surface area contributed by atoms with Crippen molar-refractivity contribution in [2.45, 2.75) is 123 Å². The van der Waals surface area contributed by atoms with E-state index in [2.05, 4.69) is 19.2 Å². The minimum absolute atomic E-state index is 0.254. The van der Waals surface area contributed by atoms with Crippen LogP contribution in [0.5, 0.6) is 0 Å². The molecular formula is C21H43NO. The molecule has 0 spiro atoms. The third-order valence-corrected chi connectivity index (χ3v) is 4.61. The first kappa shape index (κ1) is 22.5. The molecule has 0 aromatic carbocycles. The zero-order chi connectivity index (χ0) is 17.0. The van der Waals surface area contributed by atoms with E-state index in [0.29, 0.717) is 0 Å². The van der Waals surface area contributed by atoms with Crippen molar-refractivity contribution in [3.05, 3.63) is 0 Å². The highest BCUT2D eigenvalue weighted by Crippen LogP contribution is 2.12. The number of unbranched alkanes of at least 4 members (excludes halogenated alkanes) is 14. The molecule has 0 aromatic rings. The Kier molecular flexibility index (Phi) is 19.1. The van der Waals surface area contributed by atoms with E-state index in [9.17, 15) is 4.79 Å². The molecule has 138 valence electrons. The van der Waals surface area contributed by atoms with E-state index in [4.69, 9.17) is 0 Å². The number of hydrogen-bond donors (Lipinski definition) is 1. The molecule has 0 saturated heterocycles. The van der Waals surface area contributed by atoms with Crippen LogP contribution in [-0.2, 0) is 4.79 Å². The van der Waals surface area contributed by atoms with E-state index in [1.807, 2.05) is 0 Å². The molecular weight excluding hydrogens is 282 g/mol. The second-order valence-corrected chi connectivity index (χ2v) is 7.05. The van der Waals surface area contributed by atoms with Crippen molar-refractivity contribution < 1.29 is 4.79 Å². The van der Waals surface area contributed by atoms with Gasteiger partial charge in [0, 0.05) is 13.0 Å². The summed E-state index contributed by atoms with van der Waals surface area (Å²) < 4.78 is 0. The van der Waals surface area contributed by atoms with Crippen molar-refractivity contribution in [1.29, 1.82) is 0 Å². The van der Waals surface area contributed by atoms with Gasteiger partial charge in [0.2, 0.25) is 5.91 Å². The Balaban J connectivity index is 3.08. The van der Waals surface area contributed by atoms with Crippen LogP contribution in [-0.4, -0.2) is 12.5 Å². The Morgan fingerprint density at radius 1 is 0.565 bits per heavy atom. The summed E-state index contributed by atoms with van der Waals surface area (Å²) in [6.07, 6.45) is 22.0. The fourth-order valence-electron chi connectivity index (χ4n) is 2.99. The van der Waals surface area contributed by atoms with Crippen LogP contribution in [0.4, 0.5) is 0 Å². The number of rotatable bonds is 18. The van der Waals surface area contributed by atoms with Crippen LogP contribution in [0, 0.1) is 0 Å². The number of carbonyl (C=O) groups excluding carboxylic acids is 1. The van der Waals surface area contributed by atoms with Crippen molar-refractivity contribution >= 4 is 5.91 Å². The fraction of sp³-hybridized carbons (Fsp3) is 0.952. The molecule has 0 radical (unpaired) electrons. The largest absolute Gasteiger partial charge is 0.356 e. The summed E-state index contributed by atoms with van der Waals surface area (Å²) in [6.45, 7) is 5.33. The second kappa shape index (κ2) is 19.5. The van der Waals surface area contributed by atoms with Gasteiger partial charge in [-0.05, 0) is 12.8 Å². The molecule has 1 N–H and O–H groups in total. The SMILES string of the molecule is CCCCCCCCCCCCCCCC(=O)NCCCCC. The van der Waals surface area contributed by atoms with Gasteiger partial charge >= 0.3 is 0 Å². The highest BCUT2D eigenvalue weighted by Gasteiger charge is 2.00. The smallest absolute Gasteiger partial charge is 0.219 e. The highest BCUT2D eigenvalue weighted by molar-refractivity contribution is 5.75. The molecule has 0 fully saturated rings. The summed E-state index contributed by atoms with van der Waals surface area (Å²) in [7, 11) is 0. The van der Waals surface area contributed by atoms with Crippen LogP contribution in [0.25, 0.3) is 0 Å². The lowest BCUT2D eigenvalue weighted by Crippen LogP contribution is -2.23. The van der Waals surface area contributed by atoms with Gasteiger partial charge in [-0.15, -0.1) is 0 Å². The first-order valence-electron chi connectivity index (χ1n) is 10.6. The zero-order valence-corrected chi connectivity index (χ0v) is 16.1. The molecule has 0 saturated carbocycles. The molecule has 2 nitrogen and oxygen atoms in total. The summed E-state index contributed by atoms with van der Waals surface area (Å²) >= 11 is 0. The maximum Gasteiger partial charge on any atom is 0.219 e. The fourth-order valence-corrected chi connectivity index (χ4v) is 2.99. The predicted molar refractivity (Wildman–Crippen MR) is 103 cm³/mol. The van der Waals surface area contributed by atoms with Crippen molar-refractivity contribution in [3.8, 4) is 0 Å². The summed E-state index contributed by atoms with van der Waals surface area (Å²) in [5.41, 5.74) is 0. The van der Waals surface area contributed by atoms with Crippen LogP contribution in [0.3, 0.4) is 0 Å². The highest BCUT2D eigenvalue weighted by atomic mass is 16.1. The predicted octanol–water partition coefficient (Wildman–Crippen LogP) is 6.77. The molecule has 0 aliphatic rings. The summed E-state index contributed by atoms with van der Waals surface area (Å²) in [4.78, 5) is 11.6. The number of hydrogen-bond acceptors (Lipinski definition) is 1. The maximum absolute atomic E-state index is 11.6. The van der Waals surface area contributed by atoms with Gasteiger partial charge in [-0.3, -0.25) is 4.79 Å². The lowest BCUT2D eigenvalue weighted by Gasteiger charge is -2.05. The minimum Gasteiger partial charge on any atom is -0.356 e. The van der Waals surface area contributed by atoms with Crippen molar-refractivity contribution in [2.24, 2.45) is 0 Å². The van der Waals surface area contributed by atoms with Gasteiger partial charge in [-0.1, -0.05) is 104 Å². The van der Waals surface area contributed by atoms with Gasteiger partial charge in [0.05, 0.1) is 0 Å². The molecule has 1 amide bonds. The molecule has 23 heavy (non-hydrogen) atoms. The van der Waals surface area contributed by atoms with E-state index >= 15 is 0 Å². The number of amides is 1. The van der Waals surface area contributed by atoms with Crippen molar-refractivity contribution in [1.82, 2.24) is 5.32 Å². The van der Waals surface area contributed by atoms with Gasteiger partial charge in [-0.25, -0.2) is 0 Å². The van der Waals surface area contributed by atoms with Crippen LogP contribution in [0.2, 0.25) is 0 Å². The van der Waals surface area contributed by atoms with E-state index in [-0.39, 0.29) is 5.91 Å². The second-order valence-electron chi connectivity index (χ2n) is 7.05. The Labute approximate surface area is 146 Å². The standard InChI is InChI=1S/C21H43NO/c1-3-5-7-8-9-10-11-12-13-14-15-16-17-19-21(23)22-20-18-6-4-2/h3-20H2,1-2H3,(H,22,23). The average molecular weight is 326 g/mol. The van der Waals surface area contributed by atoms with Crippen LogP contribution in [0.1, 0.15) is 123 Å². The van der Waals surface area contributed by atoms with E-state index in [1.165, 1.54) is 89.9 Å². The Bertz CT molecular complexity index is 240. The molecule has 0 aliphatic carbocycles. The van der Waals surface area contributed by atoms with E-state index in [1.54, 1.807) is 0 Å². The Hall–Kier alpha value is -0.530. The first-order valence-corrected chi connectivity index (χ1v) is 10.6. The molecule has 0 heterocycles. The summed E-state index contributed by atoms with van der Waals surface area (Å²) in [5.74, 6) is 0.254. The zero-order valence-electron chi connectivity index (χ0n) is 16.1. The third kappa shape index (κ3) is 19.4. The molecule has 2 heteroatoms. The number of carbonyl (C=O) groups is 1. The van der Waals surface area contributed by atoms with Gasteiger partial charge in [0.1, 0.15) is 0 Å². The average Bonchev–Trinajstić information content (AvgIpc) is 2.56. The van der Waals surface area contributed by atoms with Crippen molar-refractivity contribution in [3.63, 3.8) is 0 Å². The molecule has 0 bridgehead atoms. The number of nitrogens with one attached hydrogen (secondary N) is 1. The maximum atomic E-state index is 11.6. The molecule has 0 unspecified atom stereocenters. The van der Waals surface area contributed by atoms with Crippen LogP contribution in [0.15, 0.2) is 0 Å². The lowest BCUT2D eigenvalue weighted by molar-refractivity contribution is -0.121. The normalized spacial score (nSPS) is 10.9. The Morgan fingerprint density at radius 3 is 1.43 bits per heavy atom. The van der Waals surface area contributed by atoms with E-state index in [0.717, 1.165) is 25.8 Å². The minimum atomic E-state index is 0.254. The van der Waals surface area contributed by atoms with Crippen molar-refractivity contribution in [2.75, 3.05) is 6.54 Å². The van der Waals surface area contributed by atoms with E-state index < -0.39 is 0 Å². The topological polar surface area (TPSA) is 29.1 Å². The van der Waals surface area contributed by atoms with Crippen LogP contribution < -0.4 is 5.32 Å². The van der Waals surface area contributed by atoms with Crippen LogP contribution >= 0.6 is 0 Å². The van der Waals surface area contributed by atoms with Gasteiger partial charge in [0.25, 0.3) is 0 Å². The molecule has 0 aliphatic heterocycles. The Morgan fingerprint density at radius 2 is 0.957 bits per heavy atom. The first-order chi connectivity index (χ1) is 11.3. The summed E-state index contributed by atoms with van der Waals surface area (Å²) in [6, 6.07) is 0. The molecule has 0 aromatic heterocycles. The molecule has 0 rings (SSSR count). The quantitative estimate of drug-likeness (QED) is 0.277. The van der Waals surface area contributed by atoms with Gasteiger partial charge in [0.15, 0.2) is 0 Å². The monoisotopic (exact) mass is 325 g/mol.